The first-order valence-corrected chi connectivity index (χ1v) is 6.42. The normalized spacial score (nSPS) is 10.4. The number of carbonyl (C=O) groups is 1. The lowest BCUT2D eigenvalue weighted by molar-refractivity contribution is -0.121. The highest BCUT2D eigenvalue weighted by atomic mass is 16.5. The molecule has 0 aliphatic carbocycles. The van der Waals surface area contributed by atoms with Gasteiger partial charge in [0.15, 0.2) is 0 Å². The van der Waals surface area contributed by atoms with Crippen molar-refractivity contribution in [3.63, 3.8) is 0 Å². The molecular weight excluding hydrogens is 244 g/mol. The Hall–Kier alpha value is -1.43. The highest BCUT2D eigenvalue weighted by Crippen LogP contribution is 2.12. The molecule has 0 heterocycles. The lowest BCUT2D eigenvalue weighted by Crippen LogP contribution is -2.19. The van der Waals surface area contributed by atoms with Crippen LogP contribution >= 0.6 is 0 Å². The van der Waals surface area contributed by atoms with Crippen LogP contribution in [0.15, 0.2) is 24.3 Å². The molecule has 0 aromatic heterocycles. The molecule has 0 unspecified atom stereocenters. The van der Waals surface area contributed by atoms with E-state index < -0.39 is 0 Å². The van der Waals surface area contributed by atoms with Crippen molar-refractivity contribution in [2.24, 2.45) is 5.73 Å². The van der Waals surface area contributed by atoms with Gasteiger partial charge in [-0.25, -0.2) is 0 Å². The van der Waals surface area contributed by atoms with E-state index in [1.165, 1.54) is 5.56 Å². The van der Waals surface area contributed by atoms with Crippen LogP contribution in [0.2, 0.25) is 0 Å². The van der Waals surface area contributed by atoms with Crippen molar-refractivity contribution < 1.29 is 14.3 Å². The van der Waals surface area contributed by atoms with Crippen LogP contribution in [-0.2, 0) is 20.7 Å². The standard InChI is InChI=1S/C14H22N2O3/c1-18-8-9-19-11-14(17)16-13-6-2-4-12(10-13)5-3-7-15/h2,4,6,10H,3,5,7-9,11,15H2,1H3,(H,16,17). The highest BCUT2D eigenvalue weighted by Gasteiger charge is 2.03. The number of aryl methyl sites for hydroxylation is 1. The molecule has 106 valence electrons. The van der Waals surface area contributed by atoms with Gasteiger partial charge in [0.05, 0.1) is 13.2 Å². The molecule has 1 amide bonds. The number of methoxy groups -OCH3 is 1. The second-order valence-corrected chi connectivity index (χ2v) is 4.19. The van der Waals surface area contributed by atoms with E-state index in [1.54, 1.807) is 7.11 Å². The van der Waals surface area contributed by atoms with Crippen molar-refractivity contribution in [1.29, 1.82) is 0 Å². The number of hydrogen-bond donors (Lipinski definition) is 2. The summed E-state index contributed by atoms with van der Waals surface area (Å²) >= 11 is 0. The number of anilines is 1. The van der Waals surface area contributed by atoms with Gasteiger partial charge < -0.3 is 20.5 Å². The summed E-state index contributed by atoms with van der Waals surface area (Å²) in [7, 11) is 1.59. The van der Waals surface area contributed by atoms with Gasteiger partial charge in [-0.2, -0.15) is 0 Å². The Balaban J connectivity index is 2.36. The summed E-state index contributed by atoms with van der Waals surface area (Å²) in [4.78, 5) is 11.6. The molecule has 5 heteroatoms. The predicted octanol–water partition coefficient (Wildman–Crippen LogP) is 1.18. The van der Waals surface area contributed by atoms with E-state index >= 15 is 0 Å². The van der Waals surface area contributed by atoms with Crippen molar-refractivity contribution in [2.75, 3.05) is 38.8 Å². The van der Waals surface area contributed by atoms with E-state index in [0.29, 0.717) is 19.8 Å². The SMILES string of the molecule is COCCOCC(=O)Nc1cccc(CCCN)c1. The van der Waals surface area contributed by atoms with Crippen LogP contribution < -0.4 is 11.1 Å². The Morgan fingerprint density at radius 1 is 1.37 bits per heavy atom. The average molecular weight is 266 g/mol. The molecule has 1 aromatic carbocycles. The molecule has 0 radical (unpaired) electrons. The molecule has 0 atom stereocenters. The smallest absolute Gasteiger partial charge is 0.250 e. The Kier molecular flexibility index (Phi) is 7.81. The number of ether oxygens (including phenoxy) is 2. The maximum Gasteiger partial charge on any atom is 0.250 e. The van der Waals surface area contributed by atoms with E-state index in [0.717, 1.165) is 18.5 Å². The van der Waals surface area contributed by atoms with Crippen LogP contribution in [0.1, 0.15) is 12.0 Å². The fourth-order valence-electron chi connectivity index (χ4n) is 1.61. The Labute approximate surface area is 114 Å². The third-order valence-electron chi connectivity index (χ3n) is 2.55. The minimum Gasteiger partial charge on any atom is -0.382 e. The molecule has 1 aromatic rings. The van der Waals surface area contributed by atoms with Gasteiger partial charge in [-0.05, 0) is 37.1 Å². The van der Waals surface area contributed by atoms with E-state index in [9.17, 15) is 4.79 Å². The first-order chi connectivity index (χ1) is 9.26. The molecule has 0 fully saturated rings. The van der Waals surface area contributed by atoms with Gasteiger partial charge in [0.25, 0.3) is 0 Å². The maximum atomic E-state index is 11.6. The molecule has 1 rings (SSSR count). The van der Waals surface area contributed by atoms with Gasteiger partial charge in [0.1, 0.15) is 6.61 Å². The molecule has 3 N–H and O–H groups in total. The summed E-state index contributed by atoms with van der Waals surface area (Å²) in [6, 6.07) is 7.77. The summed E-state index contributed by atoms with van der Waals surface area (Å²) in [5.41, 5.74) is 7.43. The van der Waals surface area contributed by atoms with Crippen molar-refractivity contribution in [3.05, 3.63) is 29.8 Å². The molecule has 19 heavy (non-hydrogen) atoms. The average Bonchev–Trinajstić information content (AvgIpc) is 2.42. The summed E-state index contributed by atoms with van der Waals surface area (Å²) < 4.78 is 9.98. The predicted molar refractivity (Wildman–Crippen MR) is 75.1 cm³/mol. The zero-order valence-electron chi connectivity index (χ0n) is 11.4. The fourth-order valence-corrected chi connectivity index (χ4v) is 1.61. The van der Waals surface area contributed by atoms with E-state index in [-0.39, 0.29) is 12.5 Å². The third-order valence-corrected chi connectivity index (χ3v) is 2.55. The van der Waals surface area contributed by atoms with Gasteiger partial charge in [-0.3, -0.25) is 4.79 Å². The highest BCUT2D eigenvalue weighted by molar-refractivity contribution is 5.91. The zero-order chi connectivity index (χ0) is 13.9. The minimum atomic E-state index is -0.160. The van der Waals surface area contributed by atoms with Crippen LogP contribution in [-0.4, -0.2) is 39.4 Å². The summed E-state index contributed by atoms with van der Waals surface area (Å²) in [5.74, 6) is -0.160. The number of benzene rings is 1. The third kappa shape index (κ3) is 6.91. The Morgan fingerprint density at radius 3 is 2.95 bits per heavy atom. The molecule has 0 aliphatic rings. The monoisotopic (exact) mass is 266 g/mol. The van der Waals surface area contributed by atoms with Crippen molar-refractivity contribution in [1.82, 2.24) is 0 Å². The first-order valence-electron chi connectivity index (χ1n) is 6.42. The number of carbonyl (C=O) groups excluding carboxylic acids is 1. The largest absolute Gasteiger partial charge is 0.382 e. The first kappa shape index (κ1) is 15.6. The molecule has 5 nitrogen and oxygen atoms in total. The number of amides is 1. The molecule has 0 aliphatic heterocycles. The van der Waals surface area contributed by atoms with Crippen molar-refractivity contribution >= 4 is 11.6 Å². The molecule has 0 saturated carbocycles. The quantitative estimate of drug-likeness (QED) is 0.658. The summed E-state index contributed by atoms with van der Waals surface area (Å²) in [6.45, 7) is 1.61. The van der Waals surface area contributed by atoms with E-state index in [1.807, 2.05) is 24.3 Å². The second kappa shape index (κ2) is 9.49. The Bertz CT molecular complexity index is 383. The minimum absolute atomic E-state index is 0.0381. The topological polar surface area (TPSA) is 73.6 Å². The van der Waals surface area contributed by atoms with E-state index in [4.69, 9.17) is 15.2 Å². The van der Waals surface area contributed by atoms with Gasteiger partial charge >= 0.3 is 0 Å². The van der Waals surface area contributed by atoms with E-state index in [2.05, 4.69) is 5.32 Å². The zero-order valence-corrected chi connectivity index (χ0v) is 11.4. The molecule has 0 saturated heterocycles. The summed E-state index contributed by atoms with van der Waals surface area (Å²) in [5, 5.41) is 2.80. The molecule has 0 spiro atoms. The fraction of sp³-hybridized carbons (Fsp3) is 0.500. The van der Waals surface area contributed by atoms with Gasteiger partial charge in [0.2, 0.25) is 5.91 Å². The van der Waals surface area contributed by atoms with Crippen LogP contribution in [0.25, 0.3) is 0 Å². The lowest BCUT2D eigenvalue weighted by Gasteiger charge is -2.08. The number of nitrogens with two attached hydrogens (primary N) is 1. The molecule has 0 bridgehead atoms. The summed E-state index contributed by atoms with van der Waals surface area (Å²) in [6.07, 6.45) is 1.86. The van der Waals surface area contributed by atoms with Crippen molar-refractivity contribution in [3.8, 4) is 0 Å². The van der Waals surface area contributed by atoms with Gasteiger partial charge in [-0.15, -0.1) is 0 Å². The lowest BCUT2D eigenvalue weighted by atomic mass is 10.1. The Morgan fingerprint density at radius 2 is 2.21 bits per heavy atom. The van der Waals surface area contributed by atoms with Crippen LogP contribution in [0.5, 0.6) is 0 Å². The van der Waals surface area contributed by atoms with Crippen LogP contribution in [0, 0.1) is 0 Å². The number of rotatable bonds is 9. The number of nitrogens with one attached hydrogen (secondary N) is 1. The van der Waals surface area contributed by atoms with Crippen LogP contribution in [0.3, 0.4) is 0 Å². The number of hydrogen-bond acceptors (Lipinski definition) is 4. The molecular formula is C14H22N2O3. The second-order valence-electron chi connectivity index (χ2n) is 4.19. The van der Waals surface area contributed by atoms with Crippen LogP contribution in [0.4, 0.5) is 5.69 Å². The van der Waals surface area contributed by atoms with Crippen molar-refractivity contribution in [2.45, 2.75) is 12.8 Å². The van der Waals surface area contributed by atoms with Gasteiger partial charge in [-0.1, -0.05) is 12.1 Å². The van der Waals surface area contributed by atoms with Gasteiger partial charge in [0, 0.05) is 12.8 Å². The maximum absolute atomic E-state index is 11.6.